The molecule has 0 atom stereocenters. The number of hydrogen-bond acceptors (Lipinski definition) is 5. The lowest BCUT2D eigenvalue weighted by Crippen LogP contribution is -2.37. The van der Waals surface area contributed by atoms with E-state index in [1.807, 2.05) is 6.08 Å². The molecule has 31 heavy (non-hydrogen) atoms. The molecule has 0 spiro atoms. The Balaban J connectivity index is 1.36. The van der Waals surface area contributed by atoms with Crippen LogP contribution in [0.25, 0.3) is 5.69 Å². The molecule has 1 aromatic heterocycles. The molecule has 4 rings (SSSR count). The summed E-state index contributed by atoms with van der Waals surface area (Å²) in [5.41, 5.74) is 1.05. The number of rotatable bonds is 7. The van der Waals surface area contributed by atoms with Gasteiger partial charge in [0.15, 0.2) is 0 Å². The second kappa shape index (κ2) is 9.42. The highest BCUT2D eigenvalue weighted by Gasteiger charge is 2.25. The SMILES string of the molecule is O=C1CC(CN2CCC(COc3nc(C(F)F)nn3-c3ccccc3F)CC2)=CC=N1. The van der Waals surface area contributed by atoms with Gasteiger partial charge >= 0.3 is 6.01 Å². The molecule has 0 bridgehead atoms. The van der Waals surface area contributed by atoms with E-state index >= 15 is 0 Å². The fourth-order valence-corrected chi connectivity index (χ4v) is 3.70. The average molecular weight is 433 g/mol. The quantitative estimate of drug-likeness (QED) is 0.670. The average Bonchev–Trinajstić information content (AvgIpc) is 3.18. The maximum Gasteiger partial charge on any atom is 0.320 e. The second-order valence-corrected chi connectivity index (χ2v) is 7.62. The number of alkyl halides is 2. The normalized spacial score (nSPS) is 17.9. The van der Waals surface area contributed by atoms with E-state index in [0.29, 0.717) is 6.42 Å². The lowest BCUT2D eigenvalue weighted by atomic mass is 9.97. The number of aromatic nitrogens is 3. The predicted octanol–water partition coefficient (Wildman–Crippen LogP) is 3.36. The van der Waals surface area contributed by atoms with Crippen LogP contribution < -0.4 is 4.74 Å². The van der Waals surface area contributed by atoms with E-state index < -0.39 is 18.1 Å². The number of piperidine rings is 1. The summed E-state index contributed by atoms with van der Waals surface area (Å²) in [5.74, 6) is -1.22. The third kappa shape index (κ3) is 5.19. The number of ether oxygens (including phenoxy) is 1. The van der Waals surface area contributed by atoms with E-state index in [2.05, 4.69) is 20.0 Å². The molecule has 2 aromatic rings. The van der Waals surface area contributed by atoms with Gasteiger partial charge in [-0.15, -0.1) is 5.10 Å². The molecule has 0 unspecified atom stereocenters. The molecule has 0 radical (unpaired) electrons. The number of carbonyl (C=O) groups excluding carboxylic acids is 1. The van der Waals surface area contributed by atoms with Crippen LogP contribution in [-0.4, -0.2) is 58.0 Å². The Bertz CT molecular complexity index is 997. The topological polar surface area (TPSA) is 72.6 Å². The number of aliphatic imine (C=N–C) groups is 1. The van der Waals surface area contributed by atoms with Gasteiger partial charge in [-0.1, -0.05) is 12.1 Å². The molecule has 0 aliphatic carbocycles. The minimum Gasteiger partial charge on any atom is -0.463 e. The van der Waals surface area contributed by atoms with Crippen molar-refractivity contribution < 1.29 is 22.7 Å². The molecule has 3 heterocycles. The van der Waals surface area contributed by atoms with E-state index in [-0.39, 0.29) is 30.1 Å². The van der Waals surface area contributed by atoms with Gasteiger partial charge in [-0.25, -0.2) is 18.2 Å². The molecule has 2 aliphatic heterocycles. The van der Waals surface area contributed by atoms with Crippen LogP contribution in [0.1, 0.15) is 31.5 Å². The Hall–Kier alpha value is -3.01. The van der Waals surface area contributed by atoms with Gasteiger partial charge in [-0.2, -0.15) is 9.67 Å². The molecule has 7 nitrogen and oxygen atoms in total. The molecule has 0 N–H and O–H groups in total. The van der Waals surface area contributed by atoms with Crippen molar-refractivity contribution in [3.05, 3.63) is 47.6 Å². The van der Waals surface area contributed by atoms with E-state index in [9.17, 15) is 18.0 Å². The fourth-order valence-electron chi connectivity index (χ4n) is 3.70. The predicted molar refractivity (Wildman–Crippen MR) is 107 cm³/mol. The maximum absolute atomic E-state index is 14.1. The highest BCUT2D eigenvalue weighted by molar-refractivity contribution is 5.93. The maximum atomic E-state index is 14.1. The molecule has 164 valence electrons. The van der Waals surface area contributed by atoms with Crippen molar-refractivity contribution >= 4 is 12.1 Å². The van der Waals surface area contributed by atoms with Gasteiger partial charge in [0, 0.05) is 12.8 Å². The van der Waals surface area contributed by atoms with Gasteiger partial charge in [-0.05, 0) is 55.6 Å². The summed E-state index contributed by atoms with van der Waals surface area (Å²) in [6.45, 7) is 2.67. The first-order chi connectivity index (χ1) is 15.0. The van der Waals surface area contributed by atoms with Gasteiger partial charge in [-0.3, -0.25) is 9.69 Å². The first kappa shape index (κ1) is 21.2. The number of amides is 1. The van der Waals surface area contributed by atoms with Crippen LogP contribution in [0.3, 0.4) is 0 Å². The zero-order valence-electron chi connectivity index (χ0n) is 16.8. The van der Waals surface area contributed by atoms with Crippen LogP contribution in [0.5, 0.6) is 6.01 Å². The van der Waals surface area contributed by atoms with Crippen molar-refractivity contribution in [1.82, 2.24) is 19.7 Å². The number of para-hydroxylation sites is 1. The Labute approximate surface area is 177 Å². The van der Waals surface area contributed by atoms with Crippen LogP contribution in [0.2, 0.25) is 0 Å². The third-order valence-electron chi connectivity index (χ3n) is 5.36. The number of allylic oxidation sites excluding steroid dienone is 1. The largest absolute Gasteiger partial charge is 0.463 e. The number of hydrogen-bond donors (Lipinski definition) is 0. The smallest absolute Gasteiger partial charge is 0.320 e. The molecule has 10 heteroatoms. The molecule has 1 saturated heterocycles. The van der Waals surface area contributed by atoms with Gasteiger partial charge < -0.3 is 4.74 Å². The first-order valence-corrected chi connectivity index (χ1v) is 10.1. The van der Waals surface area contributed by atoms with Crippen molar-refractivity contribution in [3.63, 3.8) is 0 Å². The highest BCUT2D eigenvalue weighted by atomic mass is 19.3. The number of likely N-dealkylation sites (tertiary alicyclic amines) is 1. The summed E-state index contributed by atoms with van der Waals surface area (Å²) in [6.07, 6.45) is 2.60. The summed E-state index contributed by atoms with van der Waals surface area (Å²) in [5, 5.41) is 3.73. The minimum absolute atomic E-state index is 0.00515. The van der Waals surface area contributed by atoms with Crippen LogP contribution in [0.15, 0.2) is 40.9 Å². The molecule has 0 saturated carbocycles. The van der Waals surface area contributed by atoms with E-state index in [1.165, 1.54) is 18.2 Å². The van der Waals surface area contributed by atoms with Crippen molar-refractivity contribution in [2.45, 2.75) is 25.7 Å². The van der Waals surface area contributed by atoms with Gasteiger partial charge in [0.2, 0.25) is 11.7 Å². The number of carbonyl (C=O) groups is 1. The summed E-state index contributed by atoms with van der Waals surface area (Å²) in [7, 11) is 0. The molecular formula is C21H22F3N5O2. The zero-order chi connectivity index (χ0) is 21.8. The van der Waals surface area contributed by atoms with Crippen molar-refractivity contribution in [2.24, 2.45) is 10.9 Å². The van der Waals surface area contributed by atoms with Crippen LogP contribution in [-0.2, 0) is 4.79 Å². The number of halogens is 3. The van der Waals surface area contributed by atoms with E-state index in [4.69, 9.17) is 4.74 Å². The Morgan fingerprint density at radius 2 is 1.97 bits per heavy atom. The highest BCUT2D eigenvalue weighted by Crippen LogP contribution is 2.25. The number of benzene rings is 1. The summed E-state index contributed by atoms with van der Waals surface area (Å²) in [4.78, 5) is 21.2. The lowest BCUT2D eigenvalue weighted by molar-refractivity contribution is -0.117. The summed E-state index contributed by atoms with van der Waals surface area (Å²) in [6, 6.07) is 5.60. The Kier molecular flexibility index (Phi) is 6.45. The van der Waals surface area contributed by atoms with E-state index in [0.717, 1.165) is 42.7 Å². The molecule has 1 aromatic carbocycles. The van der Waals surface area contributed by atoms with Crippen LogP contribution >= 0.6 is 0 Å². The minimum atomic E-state index is -2.88. The summed E-state index contributed by atoms with van der Waals surface area (Å²) < 4.78 is 47.1. The Morgan fingerprint density at radius 3 is 2.68 bits per heavy atom. The third-order valence-corrected chi connectivity index (χ3v) is 5.36. The lowest BCUT2D eigenvalue weighted by Gasteiger charge is -2.32. The molecule has 1 amide bonds. The van der Waals surface area contributed by atoms with Gasteiger partial charge in [0.1, 0.15) is 11.5 Å². The second-order valence-electron chi connectivity index (χ2n) is 7.62. The molecule has 2 aliphatic rings. The zero-order valence-corrected chi connectivity index (χ0v) is 16.8. The van der Waals surface area contributed by atoms with Gasteiger partial charge in [0.25, 0.3) is 6.43 Å². The summed E-state index contributed by atoms with van der Waals surface area (Å²) >= 11 is 0. The monoisotopic (exact) mass is 433 g/mol. The van der Waals surface area contributed by atoms with Crippen molar-refractivity contribution in [3.8, 4) is 11.7 Å². The van der Waals surface area contributed by atoms with Crippen molar-refractivity contribution in [1.29, 1.82) is 0 Å². The number of dihydropyridines is 1. The first-order valence-electron chi connectivity index (χ1n) is 10.1. The fraction of sp³-hybridized carbons (Fsp3) is 0.429. The standard InChI is InChI=1S/C21H22F3N5O2/c22-16-3-1-2-4-17(16)29-21(26-20(27-29)19(23)24)31-13-14-6-9-28(10-7-14)12-15-5-8-25-18(30)11-15/h1-5,8,14,19H,6-7,9-13H2. The molecular weight excluding hydrogens is 411 g/mol. The van der Waals surface area contributed by atoms with Crippen molar-refractivity contribution in [2.75, 3.05) is 26.2 Å². The number of nitrogens with zero attached hydrogens (tertiary/aromatic N) is 5. The molecule has 1 fully saturated rings. The Morgan fingerprint density at radius 1 is 1.19 bits per heavy atom. The van der Waals surface area contributed by atoms with Crippen LogP contribution in [0.4, 0.5) is 13.2 Å². The van der Waals surface area contributed by atoms with E-state index in [1.54, 1.807) is 12.3 Å². The van der Waals surface area contributed by atoms with Gasteiger partial charge in [0.05, 0.1) is 13.0 Å². The van der Waals surface area contributed by atoms with Crippen LogP contribution in [0, 0.1) is 11.7 Å².